The number of amides is 2. The summed E-state index contributed by atoms with van der Waals surface area (Å²) in [5.74, 6) is -0.133. The second kappa shape index (κ2) is 8.33. The van der Waals surface area contributed by atoms with Gasteiger partial charge in [0.2, 0.25) is 11.8 Å². The Morgan fingerprint density at radius 2 is 1.60 bits per heavy atom. The van der Waals surface area contributed by atoms with Gasteiger partial charge < -0.3 is 15.4 Å². The van der Waals surface area contributed by atoms with Crippen LogP contribution < -0.4 is 15.4 Å². The highest BCUT2D eigenvalue weighted by molar-refractivity contribution is 6.10. The van der Waals surface area contributed by atoms with Gasteiger partial charge in [0.15, 0.2) is 0 Å². The van der Waals surface area contributed by atoms with Crippen LogP contribution >= 0.6 is 0 Å². The predicted octanol–water partition coefficient (Wildman–Crippen LogP) is 3.37. The van der Waals surface area contributed by atoms with E-state index in [2.05, 4.69) is 10.6 Å². The SMILES string of the molecule is CCOc1ccccc1NC(=O)C(C)(C)C(=O)NCc1ccccc1. The summed E-state index contributed by atoms with van der Waals surface area (Å²) in [6, 6.07) is 16.7. The van der Waals surface area contributed by atoms with Crippen LogP contribution in [0.5, 0.6) is 5.75 Å². The number of anilines is 1. The molecule has 2 N–H and O–H groups in total. The largest absolute Gasteiger partial charge is 0.492 e. The van der Waals surface area contributed by atoms with E-state index in [4.69, 9.17) is 4.74 Å². The van der Waals surface area contributed by atoms with Crippen LogP contribution in [-0.2, 0) is 16.1 Å². The summed E-state index contributed by atoms with van der Waals surface area (Å²) >= 11 is 0. The van der Waals surface area contributed by atoms with Gasteiger partial charge in [0.1, 0.15) is 11.2 Å². The smallest absolute Gasteiger partial charge is 0.239 e. The number of ether oxygens (including phenoxy) is 1. The Morgan fingerprint density at radius 3 is 2.28 bits per heavy atom. The van der Waals surface area contributed by atoms with Gasteiger partial charge in [-0.3, -0.25) is 9.59 Å². The van der Waals surface area contributed by atoms with Gasteiger partial charge in [-0.15, -0.1) is 0 Å². The first-order valence-electron chi connectivity index (χ1n) is 8.30. The molecule has 132 valence electrons. The zero-order valence-electron chi connectivity index (χ0n) is 14.8. The molecular weight excluding hydrogens is 316 g/mol. The molecule has 2 rings (SSSR count). The lowest BCUT2D eigenvalue weighted by molar-refractivity contribution is -0.138. The number of nitrogens with one attached hydrogen (secondary N) is 2. The van der Waals surface area contributed by atoms with Crippen LogP contribution in [-0.4, -0.2) is 18.4 Å². The van der Waals surface area contributed by atoms with Crippen LogP contribution in [0, 0.1) is 5.41 Å². The lowest BCUT2D eigenvalue weighted by Crippen LogP contribution is -2.44. The minimum Gasteiger partial charge on any atom is -0.492 e. The summed E-state index contributed by atoms with van der Waals surface area (Å²) in [7, 11) is 0. The molecule has 5 nitrogen and oxygen atoms in total. The Hall–Kier alpha value is -2.82. The first-order chi connectivity index (χ1) is 11.9. The fraction of sp³-hybridized carbons (Fsp3) is 0.300. The molecule has 2 aromatic rings. The molecule has 25 heavy (non-hydrogen) atoms. The minimum atomic E-state index is -1.21. The maximum Gasteiger partial charge on any atom is 0.239 e. The number of carbonyl (C=O) groups excluding carboxylic acids is 2. The van der Waals surface area contributed by atoms with Crippen molar-refractivity contribution in [3.05, 3.63) is 60.2 Å². The molecule has 2 amide bonds. The first kappa shape index (κ1) is 18.5. The number of rotatable bonds is 7. The summed E-state index contributed by atoms with van der Waals surface area (Å²) < 4.78 is 5.50. The summed E-state index contributed by atoms with van der Waals surface area (Å²) in [4.78, 5) is 25.1. The van der Waals surface area contributed by atoms with E-state index in [0.29, 0.717) is 24.6 Å². The lowest BCUT2D eigenvalue weighted by Gasteiger charge is -2.23. The van der Waals surface area contributed by atoms with E-state index in [-0.39, 0.29) is 11.8 Å². The molecule has 0 bridgehead atoms. The van der Waals surface area contributed by atoms with Crippen LogP contribution in [0.2, 0.25) is 0 Å². The zero-order valence-corrected chi connectivity index (χ0v) is 14.8. The number of hydrogen-bond acceptors (Lipinski definition) is 3. The van der Waals surface area contributed by atoms with E-state index in [9.17, 15) is 9.59 Å². The molecule has 0 saturated carbocycles. The van der Waals surface area contributed by atoms with Crippen molar-refractivity contribution < 1.29 is 14.3 Å². The quantitative estimate of drug-likeness (QED) is 0.760. The van der Waals surface area contributed by atoms with Crippen molar-refractivity contribution in [1.82, 2.24) is 5.32 Å². The van der Waals surface area contributed by atoms with Gasteiger partial charge in [0.05, 0.1) is 12.3 Å². The standard InChI is InChI=1S/C20H24N2O3/c1-4-25-17-13-9-8-12-16(17)22-19(24)20(2,3)18(23)21-14-15-10-6-5-7-11-15/h5-13H,4,14H2,1-3H3,(H,21,23)(H,22,24). The fourth-order valence-electron chi connectivity index (χ4n) is 2.23. The summed E-state index contributed by atoms with van der Waals surface area (Å²) in [6.07, 6.45) is 0. The summed E-state index contributed by atoms with van der Waals surface area (Å²) in [6.45, 7) is 5.96. The van der Waals surface area contributed by atoms with Crippen molar-refractivity contribution in [3.63, 3.8) is 0 Å². The van der Waals surface area contributed by atoms with Crippen LogP contribution in [0.3, 0.4) is 0 Å². The molecule has 0 radical (unpaired) electrons. The second-order valence-electron chi connectivity index (χ2n) is 6.18. The van der Waals surface area contributed by atoms with Gasteiger partial charge in [-0.2, -0.15) is 0 Å². The average molecular weight is 340 g/mol. The van der Waals surface area contributed by atoms with Gasteiger partial charge in [0, 0.05) is 6.54 Å². The molecule has 0 unspecified atom stereocenters. The maximum absolute atomic E-state index is 12.6. The highest BCUT2D eigenvalue weighted by atomic mass is 16.5. The highest BCUT2D eigenvalue weighted by Crippen LogP contribution is 2.26. The molecule has 0 aliphatic carbocycles. The average Bonchev–Trinajstić information content (AvgIpc) is 2.62. The third-order valence-corrected chi connectivity index (χ3v) is 3.87. The van der Waals surface area contributed by atoms with Gasteiger partial charge in [0.25, 0.3) is 0 Å². The van der Waals surface area contributed by atoms with E-state index >= 15 is 0 Å². The van der Waals surface area contributed by atoms with E-state index < -0.39 is 5.41 Å². The Bertz CT molecular complexity index is 727. The van der Waals surface area contributed by atoms with Crippen molar-refractivity contribution >= 4 is 17.5 Å². The Kier molecular flexibility index (Phi) is 6.17. The molecule has 0 spiro atoms. The van der Waals surface area contributed by atoms with E-state index in [1.54, 1.807) is 32.0 Å². The minimum absolute atomic E-state index is 0.331. The number of benzene rings is 2. The van der Waals surface area contributed by atoms with Gasteiger partial charge in [-0.05, 0) is 38.5 Å². The number of hydrogen-bond donors (Lipinski definition) is 2. The topological polar surface area (TPSA) is 67.4 Å². The molecule has 0 aromatic heterocycles. The third-order valence-electron chi connectivity index (χ3n) is 3.87. The van der Waals surface area contributed by atoms with Crippen molar-refractivity contribution in [1.29, 1.82) is 0 Å². The first-order valence-corrected chi connectivity index (χ1v) is 8.30. The summed E-state index contributed by atoms with van der Waals surface area (Å²) in [5, 5.41) is 5.60. The maximum atomic E-state index is 12.6. The van der Waals surface area contributed by atoms with Crippen molar-refractivity contribution in [2.75, 3.05) is 11.9 Å². The van der Waals surface area contributed by atoms with Gasteiger partial charge in [-0.1, -0.05) is 42.5 Å². The van der Waals surface area contributed by atoms with E-state index in [1.807, 2.05) is 43.3 Å². The zero-order chi connectivity index (χ0) is 18.3. The van der Waals surface area contributed by atoms with Crippen LogP contribution in [0.1, 0.15) is 26.3 Å². The van der Waals surface area contributed by atoms with Crippen molar-refractivity contribution in [2.45, 2.75) is 27.3 Å². The molecule has 0 fully saturated rings. The molecular formula is C20H24N2O3. The van der Waals surface area contributed by atoms with Crippen LogP contribution in [0.25, 0.3) is 0 Å². The molecule has 0 aliphatic heterocycles. The molecule has 5 heteroatoms. The Morgan fingerprint density at radius 1 is 0.960 bits per heavy atom. The highest BCUT2D eigenvalue weighted by Gasteiger charge is 2.36. The van der Waals surface area contributed by atoms with E-state index in [1.165, 1.54) is 0 Å². The normalized spacial score (nSPS) is 10.8. The van der Waals surface area contributed by atoms with Crippen molar-refractivity contribution in [2.24, 2.45) is 5.41 Å². The number of carbonyl (C=O) groups is 2. The fourth-order valence-corrected chi connectivity index (χ4v) is 2.23. The monoisotopic (exact) mass is 340 g/mol. The Labute approximate surface area is 148 Å². The predicted molar refractivity (Wildman–Crippen MR) is 98.3 cm³/mol. The molecule has 0 atom stereocenters. The van der Waals surface area contributed by atoms with Gasteiger partial charge in [-0.25, -0.2) is 0 Å². The lowest BCUT2D eigenvalue weighted by atomic mass is 9.90. The molecule has 2 aromatic carbocycles. The van der Waals surface area contributed by atoms with E-state index in [0.717, 1.165) is 5.56 Å². The summed E-state index contributed by atoms with van der Waals surface area (Å²) in [5.41, 5.74) is 0.320. The van der Waals surface area contributed by atoms with Gasteiger partial charge >= 0.3 is 0 Å². The molecule has 0 aliphatic rings. The Balaban J connectivity index is 2.02. The second-order valence-corrected chi connectivity index (χ2v) is 6.18. The molecule has 0 heterocycles. The van der Waals surface area contributed by atoms with Crippen LogP contribution in [0.4, 0.5) is 5.69 Å². The van der Waals surface area contributed by atoms with Crippen LogP contribution in [0.15, 0.2) is 54.6 Å². The molecule has 0 saturated heterocycles. The van der Waals surface area contributed by atoms with Crippen molar-refractivity contribution in [3.8, 4) is 5.75 Å². The number of para-hydroxylation sites is 2. The third kappa shape index (κ3) is 4.83.